The van der Waals surface area contributed by atoms with Crippen LogP contribution in [0.15, 0.2) is 24.3 Å². The summed E-state index contributed by atoms with van der Waals surface area (Å²) in [5.41, 5.74) is 0. The number of methoxy groups -OCH3 is 1. The summed E-state index contributed by atoms with van der Waals surface area (Å²) in [6, 6.07) is 5.08. The number of benzene rings is 1. The molecule has 9 heteroatoms. The van der Waals surface area contributed by atoms with Crippen LogP contribution in [-0.2, 0) is 14.1 Å². The first-order valence-electron chi connectivity index (χ1n) is 4.58. The molecule has 2 atom stereocenters. The van der Waals surface area contributed by atoms with E-state index in [0.29, 0.717) is 0 Å². The van der Waals surface area contributed by atoms with Crippen molar-refractivity contribution >= 4 is 55.8 Å². The predicted molar refractivity (Wildman–Crippen MR) is 81.6 cm³/mol. The van der Waals surface area contributed by atoms with Crippen molar-refractivity contribution in [1.82, 2.24) is 5.09 Å². The molecular formula is C9H9FI2NO4P. The molecule has 0 amide bonds. The first-order valence-corrected chi connectivity index (χ1v) is 10.2. The average molecular weight is 499 g/mol. The van der Waals surface area contributed by atoms with Gasteiger partial charge in [0.25, 0.3) is 0 Å². The molecule has 0 radical (unpaired) electrons. The quantitative estimate of drug-likeness (QED) is 0.222. The number of rotatable bonds is 5. The van der Waals surface area contributed by atoms with Gasteiger partial charge < -0.3 is 9.26 Å². The van der Waals surface area contributed by atoms with Crippen molar-refractivity contribution in [1.29, 1.82) is 0 Å². The molecule has 1 aromatic carbocycles. The second-order valence-electron chi connectivity index (χ2n) is 3.04. The Kier molecular flexibility index (Phi) is 6.28. The maximum absolute atomic E-state index is 12.7. The topological polar surface area (TPSA) is 64.6 Å². The number of ether oxygens (including phenoxy) is 1. The van der Waals surface area contributed by atoms with Crippen LogP contribution in [0.3, 0.4) is 0 Å². The van der Waals surface area contributed by atoms with Gasteiger partial charge in [-0.2, -0.15) is 0 Å². The summed E-state index contributed by atoms with van der Waals surface area (Å²) < 4.78 is 33.6. The van der Waals surface area contributed by atoms with Crippen molar-refractivity contribution in [2.75, 3.05) is 7.11 Å². The second-order valence-corrected chi connectivity index (χ2v) is 9.50. The van der Waals surface area contributed by atoms with Crippen molar-refractivity contribution in [3.8, 4) is 5.75 Å². The highest BCUT2D eigenvalue weighted by atomic mass is 127. The molecule has 18 heavy (non-hydrogen) atoms. The Morgan fingerprint density at radius 3 is 2.50 bits per heavy atom. The molecule has 5 nitrogen and oxygen atoms in total. The molecule has 1 N–H and O–H groups in total. The first-order chi connectivity index (χ1) is 8.34. The zero-order valence-corrected chi connectivity index (χ0v) is 14.3. The van der Waals surface area contributed by atoms with Crippen molar-refractivity contribution in [3.05, 3.63) is 30.1 Å². The maximum atomic E-state index is 12.7. The second kappa shape index (κ2) is 7.01. The largest absolute Gasteiger partial charge is 0.467 e. The van der Waals surface area contributed by atoms with Gasteiger partial charge in [-0.1, -0.05) is 22.6 Å². The SMILES string of the molecule is COC(=O)[C@H](I)NP(=O)(I)Oc1ccc(F)cc1. The number of hydrogen-bond acceptors (Lipinski definition) is 4. The highest BCUT2D eigenvalue weighted by Gasteiger charge is 2.27. The molecule has 0 spiro atoms. The fourth-order valence-electron chi connectivity index (χ4n) is 0.949. The minimum atomic E-state index is -3.26. The van der Waals surface area contributed by atoms with Gasteiger partial charge in [-0.15, -0.1) is 0 Å². The summed E-state index contributed by atoms with van der Waals surface area (Å²) in [7, 11) is 1.23. The van der Waals surface area contributed by atoms with E-state index in [-0.39, 0.29) is 5.75 Å². The van der Waals surface area contributed by atoms with Crippen LogP contribution in [0.1, 0.15) is 0 Å². The summed E-state index contributed by atoms with van der Waals surface area (Å²) in [6.45, 7) is 0. The van der Waals surface area contributed by atoms with Gasteiger partial charge in [0.1, 0.15) is 11.6 Å². The van der Waals surface area contributed by atoms with E-state index in [1.54, 1.807) is 44.6 Å². The molecule has 1 unspecified atom stereocenters. The zero-order chi connectivity index (χ0) is 13.8. The molecule has 1 aromatic rings. The van der Waals surface area contributed by atoms with Crippen molar-refractivity contribution in [3.63, 3.8) is 0 Å². The van der Waals surface area contributed by atoms with E-state index in [2.05, 4.69) is 9.82 Å². The van der Waals surface area contributed by atoms with Crippen molar-refractivity contribution in [2.45, 2.75) is 4.05 Å². The van der Waals surface area contributed by atoms with Crippen LogP contribution in [0.5, 0.6) is 5.75 Å². The van der Waals surface area contributed by atoms with Gasteiger partial charge in [0, 0.05) is 0 Å². The van der Waals surface area contributed by atoms with Crippen LogP contribution in [-0.4, -0.2) is 17.1 Å². The van der Waals surface area contributed by atoms with E-state index in [0.717, 1.165) is 0 Å². The van der Waals surface area contributed by atoms with Crippen molar-refractivity contribution < 1.29 is 23.0 Å². The van der Waals surface area contributed by atoms with Crippen molar-refractivity contribution in [2.24, 2.45) is 0 Å². The molecule has 0 fully saturated rings. The number of nitrogens with one attached hydrogen (secondary N) is 1. The van der Waals surface area contributed by atoms with Crippen LogP contribution < -0.4 is 9.61 Å². The third-order valence-corrected chi connectivity index (χ3v) is 5.46. The number of carbonyl (C=O) groups is 1. The number of alkyl halides is 1. The fourth-order valence-corrected chi connectivity index (χ4v) is 6.24. The Morgan fingerprint density at radius 1 is 1.44 bits per heavy atom. The van der Waals surface area contributed by atoms with Gasteiger partial charge in [-0.25, -0.2) is 18.8 Å². The van der Waals surface area contributed by atoms with Gasteiger partial charge in [0.2, 0.25) is 0 Å². The highest BCUT2D eigenvalue weighted by Crippen LogP contribution is 2.52. The summed E-state index contributed by atoms with van der Waals surface area (Å²) in [5.74, 6) is -0.731. The molecule has 0 aliphatic carbocycles. The minimum Gasteiger partial charge on any atom is -0.467 e. The molecule has 0 heterocycles. The fraction of sp³-hybridized carbons (Fsp3) is 0.222. The number of hydrogen-bond donors (Lipinski definition) is 1. The number of esters is 1. The van der Waals surface area contributed by atoms with E-state index in [1.165, 1.54) is 31.4 Å². The van der Waals surface area contributed by atoms with Crippen LogP contribution in [0.2, 0.25) is 0 Å². The average Bonchev–Trinajstić information content (AvgIpc) is 2.30. The van der Waals surface area contributed by atoms with Gasteiger partial charge in [0.15, 0.2) is 4.05 Å². The van der Waals surface area contributed by atoms with E-state index in [4.69, 9.17) is 4.52 Å². The van der Waals surface area contributed by atoms with Crippen LogP contribution in [0.4, 0.5) is 4.39 Å². The Bertz CT molecular complexity index is 470. The van der Waals surface area contributed by atoms with Gasteiger partial charge in [-0.05, 0) is 24.3 Å². The molecule has 0 aliphatic rings. The molecule has 0 aromatic heterocycles. The molecular weight excluding hydrogens is 490 g/mol. The highest BCUT2D eigenvalue weighted by molar-refractivity contribution is 14.2. The Balaban J connectivity index is 2.67. The van der Waals surface area contributed by atoms with Gasteiger partial charge in [-0.3, -0.25) is 0 Å². The summed E-state index contributed by atoms with van der Waals surface area (Å²) >= 11 is 3.31. The molecule has 0 saturated heterocycles. The van der Waals surface area contributed by atoms with Gasteiger partial charge >= 0.3 is 11.1 Å². The molecule has 0 saturated carbocycles. The summed E-state index contributed by atoms with van der Waals surface area (Å²) in [6.07, 6.45) is 0. The smallest absolute Gasteiger partial charge is 0.375 e. The van der Waals surface area contributed by atoms with Gasteiger partial charge in [0.05, 0.1) is 29.2 Å². The van der Waals surface area contributed by atoms with E-state index >= 15 is 0 Å². The van der Waals surface area contributed by atoms with Crippen LogP contribution in [0, 0.1) is 5.82 Å². The number of carbonyl (C=O) groups excluding carboxylic acids is 1. The standard InChI is InChI=1S/C9H9FI2NO4P/c1-16-9(14)8(11)13-18(12,15)17-7-4-2-6(10)3-5-7/h2-5,8H,1H3,(H,13,15)/t8-,18?/m1/s1. The third kappa shape index (κ3) is 5.37. The van der Waals surface area contributed by atoms with Crippen LogP contribution in [0.25, 0.3) is 0 Å². The normalized spacial score (nSPS) is 15.6. The maximum Gasteiger partial charge on any atom is 0.375 e. The Hall–Kier alpha value is 0.0700. The zero-order valence-electron chi connectivity index (χ0n) is 9.10. The van der Waals surface area contributed by atoms with E-state index in [1.807, 2.05) is 0 Å². The lowest BCUT2D eigenvalue weighted by Crippen LogP contribution is -2.29. The summed E-state index contributed by atoms with van der Waals surface area (Å²) in [5, 5.41) is -0.755. The van der Waals surface area contributed by atoms with E-state index in [9.17, 15) is 13.8 Å². The molecule has 0 aliphatic heterocycles. The lowest BCUT2D eigenvalue weighted by atomic mass is 10.3. The first kappa shape index (κ1) is 16.1. The number of halogens is 3. The predicted octanol–water partition coefficient (Wildman–Crippen LogP) is 3.27. The molecule has 1 rings (SSSR count). The Labute approximate surface area is 130 Å². The molecule has 100 valence electrons. The monoisotopic (exact) mass is 499 g/mol. The van der Waals surface area contributed by atoms with Crippen LogP contribution >= 0.6 is 49.8 Å². The lowest BCUT2D eigenvalue weighted by Gasteiger charge is -2.17. The summed E-state index contributed by atoms with van der Waals surface area (Å²) in [4.78, 5) is 11.2. The minimum absolute atomic E-state index is 0.245. The lowest BCUT2D eigenvalue weighted by molar-refractivity contribution is -0.139. The third-order valence-electron chi connectivity index (χ3n) is 1.71. The van der Waals surface area contributed by atoms with E-state index < -0.39 is 21.0 Å². The Morgan fingerprint density at radius 2 is 2.00 bits per heavy atom. The molecule has 0 bridgehead atoms.